The summed E-state index contributed by atoms with van der Waals surface area (Å²) in [5.41, 5.74) is 3.15. The summed E-state index contributed by atoms with van der Waals surface area (Å²) in [4.78, 5) is 23.6. The standard InChI is InChI=1S/C16H19N3O3/c1-10-8-11(2)19(18-10)14-7-5-6-13(9-14)15(20)17-12(3)16(21)22-4/h5-9,12H,1-4H3,(H,17,20). The van der Waals surface area contributed by atoms with Crippen LogP contribution in [0.15, 0.2) is 30.3 Å². The fraction of sp³-hybridized carbons (Fsp3) is 0.312. The molecule has 0 radical (unpaired) electrons. The van der Waals surface area contributed by atoms with Crippen molar-refractivity contribution < 1.29 is 14.3 Å². The van der Waals surface area contributed by atoms with Gasteiger partial charge in [-0.2, -0.15) is 5.10 Å². The highest BCUT2D eigenvalue weighted by atomic mass is 16.5. The number of benzene rings is 1. The second kappa shape index (κ2) is 6.43. The van der Waals surface area contributed by atoms with Gasteiger partial charge >= 0.3 is 5.97 Å². The van der Waals surface area contributed by atoms with E-state index in [2.05, 4.69) is 15.2 Å². The number of methoxy groups -OCH3 is 1. The van der Waals surface area contributed by atoms with Crippen molar-refractivity contribution in [3.63, 3.8) is 0 Å². The molecule has 1 unspecified atom stereocenters. The van der Waals surface area contributed by atoms with Gasteiger partial charge in [0.1, 0.15) is 6.04 Å². The van der Waals surface area contributed by atoms with Crippen LogP contribution in [-0.4, -0.2) is 34.8 Å². The predicted octanol–water partition coefficient (Wildman–Crippen LogP) is 1.78. The largest absolute Gasteiger partial charge is 0.467 e. The number of nitrogens with zero attached hydrogens (tertiary/aromatic N) is 2. The van der Waals surface area contributed by atoms with Gasteiger partial charge in [-0.1, -0.05) is 6.07 Å². The van der Waals surface area contributed by atoms with Crippen molar-refractivity contribution in [2.45, 2.75) is 26.8 Å². The van der Waals surface area contributed by atoms with E-state index < -0.39 is 12.0 Å². The monoisotopic (exact) mass is 301 g/mol. The molecule has 1 atom stereocenters. The summed E-state index contributed by atoms with van der Waals surface area (Å²) < 4.78 is 6.37. The van der Waals surface area contributed by atoms with Crippen LogP contribution in [0.3, 0.4) is 0 Å². The van der Waals surface area contributed by atoms with Crippen LogP contribution in [0.25, 0.3) is 5.69 Å². The fourth-order valence-electron chi connectivity index (χ4n) is 2.18. The van der Waals surface area contributed by atoms with Gasteiger partial charge in [0.05, 0.1) is 18.5 Å². The average Bonchev–Trinajstić information content (AvgIpc) is 2.85. The maximum Gasteiger partial charge on any atom is 0.328 e. The lowest BCUT2D eigenvalue weighted by molar-refractivity contribution is -0.142. The molecule has 1 heterocycles. The van der Waals surface area contributed by atoms with Crippen LogP contribution in [0.2, 0.25) is 0 Å². The molecule has 0 aliphatic rings. The Morgan fingerprint density at radius 1 is 1.27 bits per heavy atom. The van der Waals surface area contributed by atoms with Crippen molar-refractivity contribution in [3.8, 4) is 5.69 Å². The second-order valence-electron chi connectivity index (χ2n) is 5.11. The van der Waals surface area contributed by atoms with Crippen molar-refractivity contribution in [3.05, 3.63) is 47.3 Å². The molecule has 6 heteroatoms. The van der Waals surface area contributed by atoms with E-state index in [1.807, 2.05) is 26.0 Å². The first-order valence-electron chi connectivity index (χ1n) is 6.94. The normalized spacial score (nSPS) is 11.8. The highest BCUT2D eigenvalue weighted by Gasteiger charge is 2.17. The van der Waals surface area contributed by atoms with Crippen molar-refractivity contribution in [1.29, 1.82) is 0 Å². The van der Waals surface area contributed by atoms with Gasteiger partial charge in [-0.3, -0.25) is 4.79 Å². The van der Waals surface area contributed by atoms with Crippen LogP contribution in [0, 0.1) is 13.8 Å². The predicted molar refractivity (Wildman–Crippen MR) is 82.0 cm³/mol. The van der Waals surface area contributed by atoms with Crippen molar-refractivity contribution in [2.75, 3.05) is 7.11 Å². The Labute approximate surface area is 129 Å². The van der Waals surface area contributed by atoms with Gasteiger partial charge in [0.2, 0.25) is 0 Å². The number of aryl methyl sites for hydroxylation is 2. The highest BCUT2D eigenvalue weighted by molar-refractivity contribution is 5.97. The Morgan fingerprint density at radius 3 is 2.59 bits per heavy atom. The number of rotatable bonds is 4. The van der Waals surface area contributed by atoms with Crippen molar-refractivity contribution >= 4 is 11.9 Å². The van der Waals surface area contributed by atoms with Gasteiger partial charge in [-0.15, -0.1) is 0 Å². The van der Waals surface area contributed by atoms with E-state index in [4.69, 9.17) is 0 Å². The number of aromatic nitrogens is 2. The van der Waals surface area contributed by atoms with Gasteiger partial charge in [0.15, 0.2) is 0 Å². The van der Waals surface area contributed by atoms with Gasteiger partial charge in [0, 0.05) is 11.3 Å². The van der Waals surface area contributed by atoms with Gasteiger partial charge in [-0.25, -0.2) is 9.48 Å². The summed E-state index contributed by atoms with van der Waals surface area (Å²) >= 11 is 0. The Balaban J connectivity index is 2.23. The summed E-state index contributed by atoms with van der Waals surface area (Å²) in [7, 11) is 1.29. The molecule has 0 fully saturated rings. The van der Waals surface area contributed by atoms with Gasteiger partial charge in [0.25, 0.3) is 5.91 Å². The molecule has 0 bridgehead atoms. The Bertz CT molecular complexity index is 706. The SMILES string of the molecule is COC(=O)C(C)NC(=O)c1cccc(-n2nc(C)cc2C)c1. The van der Waals surface area contributed by atoms with Crippen LogP contribution >= 0.6 is 0 Å². The lowest BCUT2D eigenvalue weighted by Gasteiger charge is -2.12. The Kier molecular flexibility index (Phi) is 4.60. The van der Waals surface area contributed by atoms with Crippen LogP contribution < -0.4 is 5.32 Å². The minimum absolute atomic E-state index is 0.332. The molecular formula is C16H19N3O3. The fourth-order valence-corrected chi connectivity index (χ4v) is 2.18. The number of amides is 1. The molecular weight excluding hydrogens is 282 g/mol. The van der Waals surface area contributed by atoms with Crippen LogP contribution in [0.4, 0.5) is 0 Å². The smallest absolute Gasteiger partial charge is 0.328 e. The molecule has 6 nitrogen and oxygen atoms in total. The molecule has 22 heavy (non-hydrogen) atoms. The molecule has 0 saturated carbocycles. The summed E-state index contributed by atoms with van der Waals surface area (Å²) in [6, 6.07) is 8.35. The first kappa shape index (κ1) is 15.8. The van der Waals surface area contributed by atoms with Crippen molar-refractivity contribution in [1.82, 2.24) is 15.1 Å². The molecule has 1 amide bonds. The van der Waals surface area contributed by atoms with Crippen LogP contribution in [0.5, 0.6) is 0 Å². The molecule has 1 N–H and O–H groups in total. The molecule has 2 aromatic rings. The van der Waals surface area contributed by atoms with E-state index in [1.54, 1.807) is 29.8 Å². The van der Waals surface area contributed by atoms with E-state index in [9.17, 15) is 9.59 Å². The van der Waals surface area contributed by atoms with Crippen LogP contribution in [-0.2, 0) is 9.53 Å². The molecule has 2 rings (SSSR count). The zero-order chi connectivity index (χ0) is 16.3. The maximum atomic E-state index is 12.2. The summed E-state index contributed by atoms with van der Waals surface area (Å²) in [5.74, 6) is -0.815. The number of esters is 1. The highest BCUT2D eigenvalue weighted by Crippen LogP contribution is 2.14. The van der Waals surface area contributed by atoms with Gasteiger partial charge in [-0.05, 0) is 45.0 Å². The number of carbonyl (C=O) groups excluding carboxylic acids is 2. The zero-order valence-electron chi connectivity index (χ0n) is 13.1. The Hall–Kier alpha value is -2.63. The molecule has 1 aromatic carbocycles. The number of carbonyl (C=O) groups is 2. The molecule has 0 aliphatic heterocycles. The average molecular weight is 301 g/mol. The molecule has 0 spiro atoms. The van der Waals surface area contributed by atoms with E-state index in [-0.39, 0.29) is 5.91 Å². The molecule has 1 aromatic heterocycles. The molecule has 0 aliphatic carbocycles. The summed E-state index contributed by atoms with van der Waals surface area (Å²) in [5, 5.41) is 7.00. The lowest BCUT2D eigenvalue weighted by Crippen LogP contribution is -2.39. The molecule has 116 valence electrons. The first-order chi connectivity index (χ1) is 10.4. The number of hydrogen-bond acceptors (Lipinski definition) is 4. The summed E-state index contributed by atoms with van der Waals surface area (Å²) in [6.07, 6.45) is 0. The Morgan fingerprint density at radius 2 is 2.00 bits per heavy atom. The lowest BCUT2D eigenvalue weighted by atomic mass is 10.1. The topological polar surface area (TPSA) is 73.2 Å². The quantitative estimate of drug-likeness (QED) is 0.874. The minimum Gasteiger partial charge on any atom is -0.467 e. The van der Waals surface area contributed by atoms with E-state index in [0.29, 0.717) is 5.56 Å². The zero-order valence-corrected chi connectivity index (χ0v) is 13.1. The van der Waals surface area contributed by atoms with E-state index in [1.165, 1.54) is 7.11 Å². The van der Waals surface area contributed by atoms with Crippen LogP contribution in [0.1, 0.15) is 28.7 Å². The van der Waals surface area contributed by atoms with E-state index >= 15 is 0 Å². The maximum absolute atomic E-state index is 12.2. The third kappa shape index (κ3) is 3.33. The van der Waals surface area contributed by atoms with Crippen molar-refractivity contribution in [2.24, 2.45) is 0 Å². The van der Waals surface area contributed by atoms with E-state index in [0.717, 1.165) is 17.1 Å². The third-order valence-corrected chi connectivity index (χ3v) is 3.26. The number of hydrogen-bond donors (Lipinski definition) is 1. The third-order valence-electron chi connectivity index (χ3n) is 3.26. The second-order valence-corrected chi connectivity index (χ2v) is 5.11. The number of ether oxygens (including phenoxy) is 1. The number of nitrogens with one attached hydrogen (secondary N) is 1. The minimum atomic E-state index is -0.699. The van der Waals surface area contributed by atoms with Gasteiger partial charge < -0.3 is 10.1 Å². The summed E-state index contributed by atoms with van der Waals surface area (Å²) in [6.45, 7) is 5.44. The molecule has 0 saturated heterocycles. The first-order valence-corrected chi connectivity index (χ1v) is 6.94.